The van der Waals surface area contributed by atoms with Crippen LogP contribution in [0.3, 0.4) is 0 Å². The molecule has 5 heteroatoms. The van der Waals surface area contributed by atoms with E-state index in [9.17, 15) is 14.0 Å². The first kappa shape index (κ1) is 11.9. The zero-order valence-corrected chi connectivity index (χ0v) is 9.20. The molecule has 86 valence electrons. The molecule has 0 aromatic heterocycles. The highest BCUT2D eigenvalue weighted by molar-refractivity contribution is 5.74. The molecule has 0 spiro atoms. The molecule has 0 radical (unpaired) electrons. The van der Waals surface area contributed by atoms with Crippen molar-refractivity contribution in [2.45, 2.75) is 45.0 Å². The third-order valence-electron chi connectivity index (χ3n) is 2.08. The van der Waals surface area contributed by atoms with Gasteiger partial charge in [0, 0.05) is 6.42 Å². The van der Waals surface area contributed by atoms with Gasteiger partial charge in [0.25, 0.3) is 0 Å². The standard InChI is InChI=1S/C10H16FNO3/c1-10(2,3)15-9(14)12-5-7(11)4-8(12)6-13/h6-8H,4-5H2,1-3H3/t7-,8?/m1/s1. The number of aldehydes is 1. The van der Waals surface area contributed by atoms with Crippen LogP contribution in [0, 0.1) is 0 Å². The van der Waals surface area contributed by atoms with Gasteiger partial charge in [-0.3, -0.25) is 4.90 Å². The number of hydrogen-bond donors (Lipinski definition) is 0. The van der Waals surface area contributed by atoms with Crippen molar-refractivity contribution in [1.29, 1.82) is 0 Å². The number of likely N-dealkylation sites (tertiary alicyclic amines) is 1. The Hall–Kier alpha value is -1.13. The third kappa shape index (κ3) is 3.18. The average Bonchev–Trinajstić information content (AvgIpc) is 2.43. The zero-order valence-electron chi connectivity index (χ0n) is 9.20. The Labute approximate surface area is 88.4 Å². The van der Waals surface area contributed by atoms with Crippen LogP contribution in [0.15, 0.2) is 0 Å². The van der Waals surface area contributed by atoms with Crippen LogP contribution in [0.25, 0.3) is 0 Å². The second-order valence-electron chi connectivity index (χ2n) is 4.67. The lowest BCUT2D eigenvalue weighted by Crippen LogP contribution is -2.40. The first-order valence-corrected chi connectivity index (χ1v) is 4.92. The number of halogens is 1. The lowest BCUT2D eigenvalue weighted by atomic mass is 10.2. The van der Waals surface area contributed by atoms with Gasteiger partial charge in [-0.15, -0.1) is 0 Å². The summed E-state index contributed by atoms with van der Waals surface area (Å²) in [5, 5.41) is 0. The smallest absolute Gasteiger partial charge is 0.410 e. The van der Waals surface area contributed by atoms with E-state index in [4.69, 9.17) is 4.74 Å². The largest absolute Gasteiger partial charge is 0.444 e. The maximum absolute atomic E-state index is 13.0. The van der Waals surface area contributed by atoms with Gasteiger partial charge in [-0.2, -0.15) is 0 Å². The summed E-state index contributed by atoms with van der Waals surface area (Å²) in [5.74, 6) is 0. The molecule has 0 aromatic rings. The highest BCUT2D eigenvalue weighted by atomic mass is 19.1. The minimum absolute atomic E-state index is 0.0572. The van der Waals surface area contributed by atoms with Crippen molar-refractivity contribution >= 4 is 12.4 Å². The molecular formula is C10H16FNO3. The molecule has 0 bridgehead atoms. The summed E-state index contributed by atoms with van der Waals surface area (Å²) in [6, 6.07) is -0.685. The number of carbonyl (C=O) groups excluding carboxylic acids is 2. The van der Waals surface area contributed by atoms with Gasteiger partial charge in [-0.1, -0.05) is 0 Å². The van der Waals surface area contributed by atoms with E-state index in [1.165, 1.54) is 0 Å². The van der Waals surface area contributed by atoms with Crippen molar-refractivity contribution in [3.63, 3.8) is 0 Å². The Morgan fingerprint density at radius 3 is 2.60 bits per heavy atom. The Morgan fingerprint density at radius 1 is 1.53 bits per heavy atom. The number of alkyl halides is 1. The fourth-order valence-electron chi connectivity index (χ4n) is 1.47. The van der Waals surface area contributed by atoms with Crippen LogP contribution >= 0.6 is 0 Å². The molecule has 1 unspecified atom stereocenters. The van der Waals surface area contributed by atoms with Crippen molar-refractivity contribution in [3.05, 3.63) is 0 Å². The number of amides is 1. The summed E-state index contributed by atoms with van der Waals surface area (Å²) >= 11 is 0. The van der Waals surface area contributed by atoms with Crippen molar-refractivity contribution < 1.29 is 18.7 Å². The molecule has 1 rings (SSSR count). The van der Waals surface area contributed by atoms with E-state index in [1.807, 2.05) is 0 Å². The highest BCUT2D eigenvalue weighted by Crippen LogP contribution is 2.21. The number of carbonyl (C=O) groups is 2. The lowest BCUT2D eigenvalue weighted by molar-refractivity contribution is -0.111. The van der Waals surface area contributed by atoms with Crippen LogP contribution in [0.4, 0.5) is 9.18 Å². The number of nitrogens with zero attached hydrogens (tertiary/aromatic N) is 1. The summed E-state index contributed by atoms with van der Waals surface area (Å²) in [6.45, 7) is 5.12. The van der Waals surface area contributed by atoms with Crippen LogP contribution in [0.1, 0.15) is 27.2 Å². The van der Waals surface area contributed by atoms with E-state index in [0.29, 0.717) is 6.29 Å². The molecule has 1 amide bonds. The Morgan fingerprint density at radius 2 is 2.13 bits per heavy atom. The fourth-order valence-corrected chi connectivity index (χ4v) is 1.47. The van der Waals surface area contributed by atoms with Gasteiger partial charge in [0.2, 0.25) is 0 Å². The minimum Gasteiger partial charge on any atom is -0.444 e. The molecule has 0 N–H and O–H groups in total. The van der Waals surface area contributed by atoms with Crippen LogP contribution < -0.4 is 0 Å². The normalized spacial score (nSPS) is 26.5. The number of ether oxygens (including phenoxy) is 1. The second-order valence-corrected chi connectivity index (χ2v) is 4.67. The molecule has 4 nitrogen and oxygen atoms in total. The van der Waals surface area contributed by atoms with E-state index in [1.54, 1.807) is 20.8 Å². The molecule has 1 aliphatic heterocycles. The highest BCUT2D eigenvalue weighted by Gasteiger charge is 2.37. The molecule has 1 aliphatic rings. The first-order valence-electron chi connectivity index (χ1n) is 4.92. The van der Waals surface area contributed by atoms with E-state index < -0.39 is 23.9 Å². The quantitative estimate of drug-likeness (QED) is 0.626. The molecular weight excluding hydrogens is 201 g/mol. The van der Waals surface area contributed by atoms with Crippen LogP contribution in [0.2, 0.25) is 0 Å². The summed E-state index contributed by atoms with van der Waals surface area (Å²) in [6.07, 6.45) is -1.10. The third-order valence-corrected chi connectivity index (χ3v) is 2.08. The predicted molar refractivity (Wildman–Crippen MR) is 52.3 cm³/mol. The number of rotatable bonds is 1. The topological polar surface area (TPSA) is 46.6 Å². The van der Waals surface area contributed by atoms with Crippen molar-refractivity contribution in [2.24, 2.45) is 0 Å². The van der Waals surface area contributed by atoms with E-state index in [-0.39, 0.29) is 13.0 Å². The van der Waals surface area contributed by atoms with Gasteiger partial charge < -0.3 is 9.53 Å². The molecule has 0 aromatic carbocycles. The average molecular weight is 217 g/mol. The molecule has 1 fully saturated rings. The maximum atomic E-state index is 13.0. The van der Waals surface area contributed by atoms with Gasteiger partial charge in [0.1, 0.15) is 18.1 Å². The van der Waals surface area contributed by atoms with Crippen LogP contribution in [-0.2, 0) is 9.53 Å². The Balaban J connectivity index is 2.63. The first-order chi connectivity index (χ1) is 6.83. The molecule has 1 saturated heterocycles. The SMILES string of the molecule is CC(C)(C)OC(=O)N1C[C@H](F)CC1C=O. The van der Waals surface area contributed by atoms with Gasteiger partial charge in [-0.05, 0) is 20.8 Å². The van der Waals surface area contributed by atoms with Gasteiger partial charge in [-0.25, -0.2) is 9.18 Å². The molecule has 1 heterocycles. The summed E-state index contributed by atoms with van der Waals surface area (Å²) in [4.78, 5) is 23.3. The molecule has 15 heavy (non-hydrogen) atoms. The van der Waals surface area contributed by atoms with Crippen LogP contribution in [-0.4, -0.2) is 41.6 Å². The molecule has 0 saturated carbocycles. The van der Waals surface area contributed by atoms with Crippen molar-refractivity contribution in [3.8, 4) is 0 Å². The van der Waals surface area contributed by atoms with E-state index >= 15 is 0 Å². The minimum atomic E-state index is -1.13. The summed E-state index contributed by atoms with van der Waals surface area (Å²) < 4.78 is 18.1. The summed E-state index contributed by atoms with van der Waals surface area (Å²) in [7, 11) is 0. The van der Waals surface area contributed by atoms with Crippen molar-refractivity contribution in [2.75, 3.05) is 6.54 Å². The van der Waals surface area contributed by atoms with E-state index in [2.05, 4.69) is 0 Å². The summed E-state index contributed by atoms with van der Waals surface area (Å²) in [5.41, 5.74) is -0.626. The van der Waals surface area contributed by atoms with E-state index in [0.717, 1.165) is 4.90 Å². The molecule has 2 atom stereocenters. The Bertz CT molecular complexity index is 262. The maximum Gasteiger partial charge on any atom is 0.410 e. The van der Waals surface area contributed by atoms with Gasteiger partial charge in [0.05, 0.1) is 12.6 Å². The predicted octanol–water partition coefficient (Wildman–Crippen LogP) is 1.53. The van der Waals surface area contributed by atoms with Crippen LogP contribution in [0.5, 0.6) is 0 Å². The second kappa shape index (κ2) is 4.16. The lowest BCUT2D eigenvalue weighted by Gasteiger charge is -2.26. The van der Waals surface area contributed by atoms with Crippen molar-refractivity contribution in [1.82, 2.24) is 4.90 Å². The zero-order chi connectivity index (χ0) is 11.6. The van der Waals surface area contributed by atoms with Gasteiger partial charge >= 0.3 is 6.09 Å². The number of hydrogen-bond acceptors (Lipinski definition) is 3. The van der Waals surface area contributed by atoms with Gasteiger partial charge in [0.15, 0.2) is 0 Å². The monoisotopic (exact) mass is 217 g/mol. The fraction of sp³-hybridized carbons (Fsp3) is 0.800. The Kier molecular flexibility index (Phi) is 3.31. The molecule has 0 aliphatic carbocycles.